The van der Waals surface area contributed by atoms with Crippen molar-refractivity contribution in [1.29, 1.82) is 0 Å². The Morgan fingerprint density at radius 1 is 1.29 bits per heavy atom. The number of nitrogens with two attached hydrogens (primary N) is 1. The summed E-state index contributed by atoms with van der Waals surface area (Å²) in [7, 11) is 0. The average Bonchev–Trinajstić information content (AvgIpc) is 2.15. The summed E-state index contributed by atoms with van der Waals surface area (Å²) in [5.41, 5.74) is 6.99. The van der Waals surface area contributed by atoms with Gasteiger partial charge in [-0.3, -0.25) is 0 Å². The van der Waals surface area contributed by atoms with E-state index in [0.29, 0.717) is 0 Å². The number of nitrogens with zero attached hydrogens (tertiary/aromatic N) is 1. The van der Waals surface area contributed by atoms with Gasteiger partial charge in [-0.2, -0.15) is 5.10 Å². The maximum atomic E-state index is 10.2. The molecule has 14 heavy (non-hydrogen) atoms. The Kier molecular flexibility index (Phi) is 9.26. The molecule has 0 radical (unpaired) electrons. The van der Waals surface area contributed by atoms with Gasteiger partial charge < -0.3 is 5.73 Å². The van der Waals surface area contributed by atoms with Crippen LogP contribution in [0.4, 0.5) is 4.79 Å². The smallest absolute Gasteiger partial charge is 0.332 e. The number of unbranched alkanes of at least 4 members (excludes halogenated alkanes) is 6. The Morgan fingerprint density at radius 3 is 2.57 bits per heavy atom. The zero-order chi connectivity index (χ0) is 10.6. The van der Waals surface area contributed by atoms with E-state index >= 15 is 0 Å². The lowest BCUT2D eigenvalue weighted by molar-refractivity contribution is 0.249. The van der Waals surface area contributed by atoms with Gasteiger partial charge in [-0.25, -0.2) is 10.2 Å². The number of carbonyl (C=O) groups excluding carboxylic acids is 1. The molecule has 4 heteroatoms. The molecule has 0 bridgehead atoms. The highest BCUT2D eigenvalue weighted by Crippen LogP contribution is 2.05. The van der Waals surface area contributed by atoms with Crippen molar-refractivity contribution < 1.29 is 4.79 Å². The summed E-state index contributed by atoms with van der Waals surface area (Å²) in [5, 5.41) is 3.66. The van der Waals surface area contributed by atoms with Crippen molar-refractivity contribution in [2.24, 2.45) is 10.8 Å². The van der Waals surface area contributed by atoms with Crippen LogP contribution in [0.1, 0.15) is 51.9 Å². The molecule has 0 atom stereocenters. The van der Waals surface area contributed by atoms with Gasteiger partial charge in [0.05, 0.1) is 0 Å². The number of amides is 2. The summed E-state index contributed by atoms with van der Waals surface area (Å²) >= 11 is 0. The molecule has 0 saturated carbocycles. The van der Waals surface area contributed by atoms with Crippen molar-refractivity contribution in [2.75, 3.05) is 0 Å². The lowest BCUT2D eigenvalue weighted by Crippen LogP contribution is -2.24. The average molecular weight is 199 g/mol. The number of nitrogens with one attached hydrogen (secondary N) is 1. The molecule has 0 heterocycles. The Labute approximate surface area is 85.9 Å². The van der Waals surface area contributed by atoms with Gasteiger partial charge in [0.2, 0.25) is 0 Å². The molecule has 0 unspecified atom stereocenters. The molecule has 82 valence electrons. The molecule has 2 amide bonds. The number of urea groups is 1. The Hall–Kier alpha value is -1.06. The first-order valence-electron chi connectivity index (χ1n) is 5.34. The predicted octanol–water partition coefficient (Wildman–Crippen LogP) is 2.39. The quantitative estimate of drug-likeness (QED) is 0.352. The number of hydrogen-bond acceptors (Lipinski definition) is 2. The van der Waals surface area contributed by atoms with Gasteiger partial charge in [-0.1, -0.05) is 39.0 Å². The van der Waals surface area contributed by atoms with Gasteiger partial charge >= 0.3 is 6.03 Å². The van der Waals surface area contributed by atoms with Gasteiger partial charge in [-0.15, -0.1) is 0 Å². The standard InChI is InChI=1S/C10H21N3O/c1-2-3-4-5-6-7-8-9-12-13-10(11)14/h9H,2-8H2,1H3,(H3,11,13,14). The van der Waals surface area contributed by atoms with Crippen molar-refractivity contribution in [3.63, 3.8) is 0 Å². The molecular formula is C10H21N3O. The van der Waals surface area contributed by atoms with E-state index in [0.717, 1.165) is 12.8 Å². The Bertz CT molecular complexity index is 169. The van der Waals surface area contributed by atoms with Crippen molar-refractivity contribution >= 4 is 12.2 Å². The fourth-order valence-corrected chi connectivity index (χ4v) is 1.19. The monoisotopic (exact) mass is 199 g/mol. The topological polar surface area (TPSA) is 67.5 Å². The van der Waals surface area contributed by atoms with Crippen molar-refractivity contribution in [3.05, 3.63) is 0 Å². The van der Waals surface area contributed by atoms with E-state index in [-0.39, 0.29) is 0 Å². The van der Waals surface area contributed by atoms with E-state index in [9.17, 15) is 4.79 Å². The van der Waals surface area contributed by atoms with Gasteiger partial charge in [0.1, 0.15) is 0 Å². The molecule has 0 rings (SSSR count). The zero-order valence-electron chi connectivity index (χ0n) is 8.96. The van der Waals surface area contributed by atoms with Crippen LogP contribution in [-0.2, 0) is 0 Å². The second-order valence-corrected chi connectivity index (χ2v) is 3.34. The minimum absolute atomic E-state index is 0.607. The lowest BCUT2D eigenvalue weighted by atomic mass is 10.1. The van der Waals surface area contributed by atoms with E-state index < -0.39 is 6.03 Å². The molecule has 0 fully saturated rings. The van der Waals surface area contributed by atoms with Crippen LogP contribution < -0.4 is 11.2 Å². The molecule has 3 N–H and O–H groups in total. The van der Waals surface area contributed by atoms with E-state index in [1.807, 2.05) is 0 Å². The maximum Gasteiger partial charge on any atom is 0.332 e. The highest BCUT2D eigenvalue weighted by Gasteiger charge is 1.88. The van der Waals surface area contributed by atoms with Gasteiger partial charge in [0.25, 0.3) is 0 Å². The van der Waals surface area contributed by atoms with E-state index in [1.165, 1.54) is 32.1 Å². The second kappa shape index (κ2) is 10.0. The van der Waals surface area contributed by atoms with E-state index in [2.05, 4.69) is 17.5 Å². The number of primary amides is 1. The normalized spacial score (nSPS) is 10.6. The molecule has 0 spiro atoms. The van der Waals surface area contributed by atoms with Gasteiger partial charge in [-0.05, 0) is 12.8 Å². The van der Waals surface area contributed by atoms with E-state index in [1.54, 1.807) is 6.21 Å². The van der Waals surface area contributed by atoms with E-state index in [4.69, 9.17) is 5.73 Å². The Morgan fingerprint density at radius 2 is 1.93 bits per heavy atom. The number of hydrazone groups is 1. The summed E-state index contributed by atoms with van der Waals surface area (Å²) in [4.78, 5) is 10.2. The third-order valence-corrected chi connectivity index (χ3v) is 1.95. The maximum absolute atomic E-state index is 10.2. The number of carbonyl (C=O) groups is 1. The first-order chi connectivity index (χ1) is 6.77. The fraction of sp³-hybridized carbons (Fsp3) is 0.800. The third-order valence-electron chi connectivity index (χ3n) is 1.95. The van der Waals surface area contributed by atoms with Crippen LogP contribution in [0.5, 0.6) is 0 Å². The summed E-state index contributed by atoms with van der Waals surface area (Å²) in [6, 6.07) is -0.607. The highest BCUT2D eigenvalue weighted by molar-refractivity contribution is 5.72. The second-order valence-electron chi connectivity index (χ2n) is 3.34. The lowest BCUT2D eigenvalue weighted by Gasteiger charge is -1.97. The van der Waals surface area contributed by atoms with Crippen molar-refractivity contribution in [3.8, 4) is 0 Å². The first-order valence-corrected chi connectivity index (χ1v) is 5.34. The van der Waals surface area contributed by atoms with Crippen LogP contribution in [0.25, 0.3) is 0 Å². The van der Waals surface area contributed by atoms with Gasteiger partial charge in [0.15, 0.2) is 0 Å². The first kappa shape index (κ1) is 12.9. The highest BCUT2D eigenvalue weighted by atomic mass is 16.2. The molecular weight excluding hydrogens is 178 g/mol. The SMILES string of the molecule is CCCCCCCCC=NNC(N)=O. The fourth-order valence-electron chi connectivity index (χ4n) is 1.19. The molecule has 0 aromatic carbocycles. The van der Waals surface area contributed by atoms with Crippen LogP contribution in [0.3, 0.4) is 0 Å². The molecule has 0 aromatic rings. The van der Waals surface area contributed by atoms with Crippen LogP contribution in [0, 0.1) is 0 Å². The largest absolute Gasteiger partial charge is 0.350 e. The number of hydrogen-bond donors (Lipinski definition) is 2. The third kappa shape index (κ3) is 10.9. The summed E-state index contributed by atoms with van der Waals surface area (Å²) in [5.74, 6) is 0. The van der Waals surface area contributed by atoms with Crippen LogP contribution >= 0.6 is 0 Å². The molecule has 4 nitrogen and oxygen atoms in total. The molecule has 0 aliphatic heterocycles. The number of rotatable bonds is 8. The minimum atomic E-state index is -0.607. The van der Waals surface area contributed by atoms with Crippen molar-refractivity contribution in [1.82, 2.24) is 5.43 Å². The minimum Gasteiger partial charge on any atom is -0.350 e. The van der Waals surface area contributed by atoms with Crippen LogP contribution in [0.15, 0.2) is 5.10 Å². The molecule has 0 saturated heterocycles. The van der Waals surface area contributed by atoms with Gasteiger partial charge in [0, 0.05) is 6.21 Å². The predicted molar refractivity (Wildman–Crippen MR) is 59.2 cm³/mol. The van der Waals surface area contributed by atoms with Crippen LogP contribution in [-0.4, -0.2) is 12.2 Å². The summed E-state index contributed by atoms with van der Waals surface area (Å²) in [6.45, 7) is 2.21. The summed E-state index contributed by atoms with van der Waals surface area (Å²) < 4.78 is 0. The molecule has 0 aliphatic carbocycles. The van der Waals surface area contributed by atoms with Crippen molar-refractivity contribution in [2.45, 2.75) is 51.9 Å². The van der Waals surface area contributed by atoms with Crippen LogP contribution in [0.2, 0.25) is 0 Å². The molecule has 0 aromatic heterocycles. The molecule has 0 aliphatic rings. The Balaban J connectivity index is 3.05. The zero-order valence-corrected chi connectivity index (χ0v) is 8.96. The summed E-state index contributed by atoms with van der Waals surface area (Å²) in [6.07, 6.45) is 10.2.